The summed E-state index contributed by atoms with van der Waals surface area (Å²) < 4.78 is 15.2. The van der Waals surface area contributed by atoms with Crippen LogP contribution in [-0.4, -0.2) is 16.6 Å². The minimum atomic E-state index is -0.214. The second-order valence-electron chi connectivity index (χ2n) is 5.21. The molecule has 0 atom stereocenters. The first-order valence-electron chi connectivity index (χ1n) is 7.27. The van der Waals surface area contributed by atoms with Gasteiger partial charge in [0.1, 0.15) is 11.6 Å². The number of imidazole rings is 1. The van der Waals surface area contributed by atoms with Crippen molar-refractivity contribution in [2.45, 2.75) is 13.1 Å². The SMILES string of the molecule is CNCc1cn(Cc2ccc(F)cc2)c(-c2ccccc2)n1.Cl.Cl. The number of nitrogens with one attached hydrogen (secondary N) is 1. The van der Waals surface area contributed by atoms with Crippen molar-refractivity contribution in [2.24, 2.45) is 0 Å². The van der Waals surface area contributed by atoms with E-state index in [1.807, 2.05) is 55.7 Å². The van der Waals surface area contributed by atoms with Gasteiger partial charge in [0.15, 0.2) is 0 Å². The van der Waals surface area contributed by atoms with Crippen molar-refractivity contribution < 1.29 is 4.39 Å². The van der Waals surface area contributed by atoms with Crippen molar-refractivity contribution in [3.63, 3.8) is 0 Å². The molecule has 128 valence electrons. The summed E-state index contributed by atoms with van der Waals surface area (Å²) in [6, 6.07) is 16.7. The van der Waals surface area contributed by atoms with E-state index in [9.17, 15) is 4.39 Å². The Bertz CT molecular complexity index is 743. The van der Waals surface area contributed by atoms with Crippen LogP contribution in [0.5, 0.6) is 0 Å². The van der Waals surface area contributed by atoms with Crippen LogP contribution in [0.15, 0.2) is 60.8 Å². The number of aromatic nitrogens is 2. The molecule has 0 amide bonds. The van der Waals surface area contributed by atoms with Gasteiger partial charge in [-0.25, -0.2) is 9.37 Å². The van der Waals surface area contributed by atoms with Crippen LogP contribution < -0.4 is 5.32 Å². The molecule has 0 aliphatic heterocycles. The van der Waals surface area contributed by atoms with Gasteiger partial charge in [0.25, 0.3) is 0 Å². The number of benzene rings is 2. The number of rotatable bonds is 5. The summed E-state index contributed by atoms with van der Waals surface area (Å²) in [5.74, 6) is 0.712. The van der Waals surface area contributed by atoms with Gasteiger partial charge in [0.05, 0.1) is 5.69 Å². The first-order valence-corrected chi connectivity index (χ1v) is 7.27. The molecule has 0 spiro atoms. The predicted molar refractivity (Wildman–Crippen MR) is 100 cm³/mol. The first kappa shape index (κ1) is 20.2. The summed E-state index contributed by atoms with van der Waals surface area (Å²) in [5.41, 5.74) is 3.11. The molecule has 24 heavy (non-hydrogen) atoms. The van der Waals surface area contributed by atoms with Crippen molar-refractivity contribution in [2.75, 3.05) is 7.05 Å². The third-order valence-corrected chi connectivity index (χ3v) is 3.48. The average Bonchev–Trinajstić information content (AvgIpc) is 2.93. The molecule has 3 nitrogen and oxygen atoms in total. The van der Waals surface area contributed by atoms with Gasteiger partial charge >= 0.3 is 0 Å². The summed E-state index contributed by atoms with van der Waals surface area (Å²) in [6.07, 6.45) is 2.04. The lowest BCUT2D eigenvalue weighted by Crippen LogP contribution is -2.05. The summed E-state index contributed by atoms with van der Waals surface area (Å²) in [7, 11) is 1.90. The number of nitrogens with zero attached hydrogens (tertiary/aromatic N) is 2. The molecule has 0 aliphatic rings. The monoisotopic (exact) mass is 367 g/mol. The zero-order chi connectivity index (χ0) is 15.4. The largest absolute Gasteiger partial charge is 0.326 e. The van der Waals surface area contributed by atoms with E-state index in [-0.39, 0.29) is 30.6 Å². The molecule has 0 aliphatic carbocycles. The van der Waals surface area contributed by atoms with E-state index in [4.69, 9.17) is 4.98 Å². The summed E-state index contributed by atoms with van der Waals surface area (Å²) in [5, 5.41) is 3.12. The Morgan fingerprint density at radius 3 is 2.29 bits per heavy atom. The molecule has 0 unspecified atom stereocenters. The van der Waals surface area contributed by atoms with Crippen LogP contribution in [-0.2, 0) is 13.1 Å². The maximum absolute atomic E-state index is 13.0. The number of hydrogen-bond acceptors (Lipinski definition) is 2. The average molecular weight is 368 g/mol. The van der Waals surface area contributed by atoms with Crippen molar-refractivity contribution in [1.29, 1.82) is 0 Å². The fraction of sp³-hybridized carbons (Fsp3) is 0.167. The van der Waals surface area contributed by atoms with Crippen LogP contribution in [0.4, 0.5) is 4.39 Å². The minimum absolute atomic E-state index is 0. The lowest BCUT2D eigenvalue weighted by atomic mass is 10.2. The second kappa shape index (κ2) is 9.42. The Labute approximate surface area is 153 Å². The predicted octanol–water partition coefficient (Wildman–Crippen LogP) is 4.30. The van der Waals surface area contributed by atoms with Crippen molar-refractivity contribution >= 4 is 24.8 Å². The highest BCUT2D eigenvalue weighted by Gasteiger charge is 2.10. The van der Waals surface area contributed by atoms with E-state index in [0.717, 1.165) is 29.2 Å². The van der Waals surface area contributed by atoms with Gasteiger partial charge in [-0.3, -0.25) is 0 Å². The Hall–Kier alpha value is -1.88. The molecule has 0 radical (unpaired) electrons. The lowest BCUT2D eigenvalue weighted by Gasteiger charge is -2.08. The molecular weight excluding hydrogens is 348 g/mol. The van der Waals surface area contributed by atoms with Crippen molar-refractivity contribution in [3.8, 4) is 11.4 Å². The van der Waals surface area contributed by atoms with Crippen LogP contribution >= 0.6 is 24.8 Å². The first-order chi connectivity index (χ1) is 10.8. The summed E-state index contributed by atoms with van der Waals surface area (Å²) in [6.45, 7) is 1.39. The Kier molecular flexibility index (Phi) is 7.92. The van der Waals surface area contributed by atoms with Crippen LogP contribution in [0.1, 0.15) is 11.3 Å². The molecule has 3 aromatic rings. The maximum Gasteiger partial charge on any atom is 0.140 e. The van der Waals surface area contributed by atoms with Gasteiger partial charge in [-0.15, -0.1) is 24.8 Å². The van der Waals surface area contributed by atoms with Gasteiger partial charge in [-0.2, -0.15) is 0 Å². The standard InChI is InChI=1S/C18H18FN3.2ClH/c1-20-11-17-13-22(12-14-7-9-16(19)10-8-14)18(21-17)15-5-3-2-4-6-15;;/h2-10,13,20H,11-12H2,1H3;2*1H. The molecule has 0 saturated heterocycles. The zero-order valence-corrected chi connectivity index (χ0v) is 14.9. The molecule has 0 saturated carbocycles. The van der Waals surface area contributed by atoms with Gasteiger partial charge in [-0.05, 0) is 24.7 Å². The van der Waals surface area contributed by atoms with Crippen LogP contribution in [0, 0.1) is 5.82 Å². The Morgan fingerprint density at radius 1 is 1.00 bits per heavy atom. The van der Waals surface area contributed by atoms with E-state index in [0.29, 0.717) is 6.54 Å². The molecule has 1 heterocycles. The van der Waals surface area contributed by atoms with Gasteiger partial charge in [0.2, 0.25) is 0 Å². The molecular formula is C18H20Cl2FN3. The third-order valence-electron chi connectivity index (χ3n) is 3.48. The van der Waals surface area contributed by atoms with Gasteiger partial charge in [-0.1, -0.05) is 42.5 Å². The van der Waals surface area contributed by atoms with Crippen LogP contribution in [0.3, 0.4) is 0 Å². The summed E-state index contributed by atoms with van der Waals surface area (Å²) >= 11 is 0. The molecule has 6 heteroatoms. The second-order valence-corrected chi connectivity index (χ2v) is 5.21. The van der Waals surface area contributed by atoms with Crippen molar-refractivity contribution in [1.82, 2.24) is 14.9 Å². The number of hydrogen-bond donors (Lipinski definition) is 1. The van der Waals surface area contributed by atoms with E-state index in [1.54, 1.807) is 0 Å². The minimum Gasteiger partial charge on any atom is -0.326 e. The zero-order valence-electron chi connectivity index (χ0n) is 13.3. The molecule has 1 N–H and O–H groups in total. The quantitative estimate of drug-likeness (QED) is 0.728. The molecule has 1 aromatic heterocycles. The van der Waals surface area contributed by atoms with E-state index >= 15 is 0 Å². The van der Waals surface area contributed by atoms with Crippen LogP contribution in [0.2, 0.25) is 0 Å². The van der Waals surface area contributed by atoms with E-state index < -0.39 is 0 Å². The van der Waals surface area contributed by atoms with Gasteiger partial charge < -0.3 is 9.88 Å². The smallest absolute Gasteiger partial charge is 0.140 e. The third kappa shape index (κ3) is 4.81. The molecule has 2 aromatic carbocycles. The topological polar surface area (TPSA) is 29.9 Å². The molecule has 0 bridgehead atoms. The highest BCUT2D eigenvalue weighted by Crippen LogP contribution is 2.20. The number of halogens is 3. The van der Waals surface area contributed by atoms with E-state index in [2.05, 4.69) is 9.88 Å². The molecule has 3 rings (SSSR count). The molecule has 0 fully saturated rings. The maximum atomic E-state index is 13.0. The lowest BCUT2D eigenvalue weighted by molar-refractivity contribution is 0.626. The highest BCUT2D eigenvalue weighted by molar-refractivity contribution is 5.85. The Morgan fingerprint density at radius 2 is 1.67 bits per heavy atom. The van der Waals surface area contributed by atoms with Gasteiger partial charge in [0, 0.05) is 24.8 Å². The van der Waals surface area contributed by atoms with Crippen molar-refractivity contribution in [3.05, 3.63) is 77.9 Å². The fourth-order valence-corrected chi connectivity index (χ4v) is 2.46. The summed E-state index contributed by atoms with van der Waals surface area (Å²) in [4.78, 5) is 4.71. The van der Waals surface area contributed by atoms with Crippen LogP contribution in [0.25, 0.3) is 11.4 Å². The fourth-order valence-electron chi connectivity index (χ4n) is 2.46. The normalized spacial score (nSPS) is 9.92. The van der Waals surface area contributed by atoms with E-state index in [1.165, 1.54) is 12.1 Å². The highest BCUT2D eigenvalue weighted by atomic mass is 35.5. The Balaban J connectivity index is 0.00000144.